The lowest BCUT2D eigenvalue weighted by atomic mass is 8.47. The van der Waals surface area contributed by atoms with Crippen LogP contribution in [0.25, 0.3) is 201 Å². The number of hydrogen-bond acceptors (Lipinski definition) is 12. The van der Waals surface area contributed by atoms with Gasteiger partial charge in [-0.1, -0.05) is 259 Å². The zero-order valence-corrected chi connectivity index (χ0v) is 83.1. The van der Waals surface area contributed by atoms with Crippen molar-refractivity contribution in [2.24, 2.45) is 0 Å². The summed E-state index contributed by atoms with van der Waals surface area (Å²) < 4.78 is 48.2. The molecule has 9 heterocycles. The van der Waals surface area contributed by atoms with Crippen molar-refractivity contribution < 1.29 is 27.0 Å². The van der Waals surface area contributed by atoms with Gasteiger partial charge < -0.3 is 36.8 Å². The summed E-state index contributed by atoms with van der Waals surface area (Å²) in [5, 5.41) is 24.3. The quantitative estimate of drug-likeness (QED) is 0.0642. The van der Waals surface area contributed by atoms with Crippen LogP contribution in [0.2, 0.25) is 5.02 Å². The topological polar surface area (TPSA) is 77.5 Å². The van der Waals surface area contributed by atoms with E-state index in [1.165, 1.54) is 103 Å². The fourth-order valence-corrected chi connectivity index (χ4v) is 25.7. The van der Waals surface area contributed by atoms with Gasteiger partial charge in [0.2, 0.25) is 0 Å². The van der Waals surface area contributed by atoms with E-state index in [-0.39, 0.29) is 11.2 Å². The number of nitrogens with zero attached hydrogens (tertiary/aromatic N) is 2. The Morgan fingerprint density at radius 1 is 0.271 bits per heavy atom. The summed E-state index contributed by atoms with van der Waals surface area (Å²) in [6.07, 6.45) is -4.08. The highest BCUT2D eigenvalue weighted by molar-refractivity contribution is 14.1. The Morgan fingerprint density at radius 2 is 0.557 bits per heavy atom. The molecule has 0 saturated carbocycles. The fraction of sp³-hybridized carbons (Fsp3) is 0.0631. The van der Waals surface area contributed by atoms with Crippen molar-refractivity contribution in [3.8, 4) is 11.1 Å². The minimum Gasteiger partial charge on any atom is -0.456 e. The van der Waals surface area contributed by atoms with Gasteiger partial charge in [-0.25, -0.2) is 0 Å². The van der Waals surface area contributed by atoms with Gasteiger partial charge in [-0.2, -0.15) is 0 Å². The standard InChI is InChI=1S/C52H29NO2S2.C36H30BNO2S2.C22H11ClO2.CH3I.B14/c1-4-18-41-38(12-1)49-43(54-41)28-24-31-25-29-44-50(47(31)49)48-33(13-9-19-42(48)55-44)30-22-26-32(27-23-30)53(39-16-7-14-36-34-10-2-5-20-45(34)56-51(36)39)40-17-8-15-37-35-11-3-6-21-46(35)57-52(37)40;1-35(2)36(3,4)40-37(39-35)23-19-21-24(22-20-23)38(29-15-9-13-27-25-11-5-7-17-31(25)41-33(27)29)30-16-10-14-28-26-12-6-8-18-32(26)42-34(28)30;23-14-5-3-7-16-21(14)22-18(25-16)11-9-12-8-10-17-20(19(12)22)13-4-1-2-6-15(13)24-17;1-2;1-9(2)13(10(3)4)14(11(5)6)12(7)8/h1-29H;5-22H,1-4H3;1-11H;1H3;. The molecule has 18 aromatic carbocycles. The highest BCUT2D eigenvalue weighted by Gasteiger charge is 2.52. The number of alkyl halides is 1. The zero-order chi connectivity index (χ0) is 95.8. The number of benzene rings is 18. The average molecular weight is 1980 g/mol. The van der Waals surface area contributed by atoms with Crippen LogP contribution < -0.4 is 15.3 Å². The van der Waals surface area contributed by atoms with Crippen molar-refractivity contribution in [2.45, 2.75) is 38.9 Å². The van der Waals surface area contributed by atoms with Crippen LogP contribution in [0.4, 0.5) is 34.1 Å². The molecule has 29 heteroatoms. The number of hydrogen-bond donors (Lipinski definition) is 0. The third-order valence-corrected chi connectivity index (χ3v) is 32.9. The second-order valence-corrected chi connectivity index (χ2v) is 41.1. The normalized spacial score (nSPS) is 12.9. The SMILES string of the molecule is CC1(C)OB(c2ccc(N(c3cccc4c3sc3ccccc34)c3cccc4c3sc3ccccc34)cc2)OC1(C)C.CI.Clc1cccc2oc3ccc4ccc5oc6ccccc6c5c4c3c12.[B]B([B])B(B([B])[B])B(B([B])[B])B([B])[B].c1ccc2c(c1)oc1ccc3ccc4oc5cccc(-c6ccc(N(c7cccc8c7sc7ccccc78)c7cccc8c7sc7ccccc78)cc6)c5c4c3c12. The van der Waals surface area contributed by atoms with Crippen molar-refractivity contribution in [3.05, 3.63) is 357 Å². The van der Waals surface area contributed by atoms with E-state index in [0.29, 0.717) is 5.02 Å². The van der Waals surface area contributed by atoms with Crippen LogP contribution in [-0.2, 0) is 9.31 Å². The van der Waals surface area contributed by atoms with Crippen molar-refractivity contribution >= 4 is 416 Å². The predicted octanol–water partition coefficient (Wildman–Crippen LogP) is 29.7. The third kappa shape index (κ3) is 15.8. The summed E-state index contributed by atoms with van der Waals surface area (Å²) in [6, 6.07) is 125. The van der Waals surface area contributed by atoms with Crippen molar-refractivity contribution in [2.75, 3.05) is 14.7 Å². The van der Waals surface area contributed by atoms with E-state index in [4.69, 9.17) is 100 Å². The maximum atomic E-state index is 6.63. The molecule has 0 spiro atoms. The Kier molecular flexibility index (Phi) is 24.4. The van der Waals surface area contributed by atoms with Crippen LogP contribution in [0.15, 0.2) is 370 Å². The molecular weight excluding hydrogens is 1910 g/mol. The third-order valence-electron chi connectivity index (χ3n) is 27.7. The molecule has 1 saturated heterocycles. The molecule has 0 aliphatic carbocycles. The monoisotopic (exact) mass is 1980 g/mol. The summed E-state index contributed by atoms with van der Waals surface area (Å²) in [6.45, 7) is 8.39. The van der Waals surface area contributed by atoms with Gasteiger partial charge >= 0.3 is 7.12 Å². The minimum atomic E-state index is -0.760. The second-order valence-electron chi connectivity index (χ2n) is 36.5. The maximum absolute atomic E-state index is 6.63. The largest absolute Gasteiger partial charge is 0.494 e. The van der Waals surface area contributed by atoms with Gasteiger partial charge in [0.15, 0.2) is 0 Å². The van der Waals surface area contributed by atoms with Crippen molar-refractivity contribution in [3.63, 3.8) is 0 Å². The smallest absolute Gasteiger partial charge is 0.456 e. The van der Waals surface area contributed by atoms with Gasteiger partial charge in [-0.05, 0) is 187 Å². The Hall–Kier alpha value is -11.9. The first-order chi connectivity index (χ1) is 68.2. The molecule has 0 atom stereocenters. The Labute approximate surface area is 857 Å². The number of anilines is 6. The molecule has 0 amide bonds. The van der Waals surface area contributed by atoms with E-state index in [1.807, 2.05) is 111 Å². The number of fused-ring (bicyclic) bond motifs is 30. The first kappa shape index (κ1) is 91.8. The van der Waals surface area contributed by atoms with Crippen molar-refractivity contribution in [1.82, 2.24) is 0 Å². The molecule has 1 aliphatic rings. The highest BCUT2D eigenvalue weighted by atomic mass is 127. The lowest BCUT2D eigenvalue weighted by Crippen LogP contribution is -2.72. The second kappa shape index (κ2) is 37.2. The summed E-state index contributed by atoms with van der Waals surface area (Å²) >= 11 is 16.1. The van der Waals surface area contributed by atoms with Gasteiger partial charge in [0, 0.05) is 227 Å². The first-order valence-corrected chi connectivity index (χ1v) is 52.2. The zero-order valence-electron chi connectivity index (χ0n) is 76.9. The van der Waals surface area contributed by atoms with E-state index < -0.39 is 45.4 Å². The molecule has 0 N–H and O–H groups in total. The molecule has 26 aromatic rings. The Morgan fingerprint density at radius 3 is 0.929 bits per heavy atom. The number of thiophene rings is 4. The van der Waals surface area contributed by atoms with Gasteiger partial charge in [-0.15, -0.1) is 45.3 Å². The Bertz CT molecular complexity index is 9060. The van der Waals surface area contributed by atoms with E-state index in [1.54, 1.807) is 0 Å². The number of rotatable bonds is 13. The van der Waals surface area contributed by atoms with Gasteiger partial charge in [0.05, 0.1) is 57.8 Å². The predicted molar refractivity (Wildman–Crippen MR) is 631 cm³/mol. The molecule has 27 rings (SSSR count). The number of furan rings is 4. The van der Waals surface area contributed by atoms with E-state index >= 15 is 0 Å². The molecule has 8 nitrogen and oxygen atoms in total. The van der Waals surface area contributed by atoms with Crippen LogP contribution in [-0.4, -0.2) is 123 Å². The molecule has 8 aromatic heterocycles. The number of halogens is 2. The van der Waals surface area contributed by atoms with E-state index in [0.717, 1.165) is 137 Å². The molecule has 646 valence electrons. The maximum Gasteiger partial charge on any atom is 0.494 e. The minimum absolute atomic E-state index is 0.379. The molecule has 1 fully saturated rings. The first-order valence-electron chi connectivity index (χ1n) is 46.4. The van der Waals surface area contributed by atoms with Gasteiger partial charge in [0.1, 0.15) is 44.7 Å². The van der Waals surface area contributed by atoms with Crippen LogP contribution in [0.1, 0.15) is 27.7 Å². The molecule has 140 heavy (non-hydrogen) atoms. The van der Waals surface area contributed by atoms with Crippen LogP contribution >= 0.6 is 79.5 Å². The van der Waals surface area contributed by atoms with Crippen LogP contribution in [0.5, 0.6) is 0 Å². The number of para-hydroxylation sites is 2. The molecule has 0 unspecified atom stereocenters. The summed E-state index contributed by atoms with van der Waals surface area (Å²) in [7, 11) is 43.7. The van der Waals surface area contributed by atoms with Crippen LogP contribution in [0.3, 0.4) is 0 Å². The molecule has 16 radical (unpaired) electrons. The molecule has 0 bridgehead atoms. The molecular formula is C111H73B15ClIN2O6S4. The van der Waals surface area contributed by atoms with Gasteiger partial charge in [0.25, 0.3) is 0 Å². The summed E-state index contributed by atoms with van der Waals surface area (Å²) in [5.41, 5.74) is 16.4. The summed E-state index contributed by atoms with van der Waals surface area (Å²) in [4.78, 5) is 6.88. The van der Waals surface area contributed by atoms with Crippen LogP contribution in [0, 0.1) is 0 Å². The lowest BCUT2D eigenvalue weighted by Gasteiger charge is -2.34. The Balaban J connectivity index is 0.000000115. The van der Waals surface area contributed by atoms with E-state index in [9.17, 15) is 0 Å². The molecule has 1 aliphatic heterocycles. The summed E-state index contributed by atoms with van der Waals surface area (Å²) in [5.74, 6) is 0. The highest BCUT2D eigenvalue weighted by Crippen LogP contribution is 2.54. The van der Waals surface area contributed by atoms with Crippen molar-refractivity contribution in [1.29, 1.82) is 0 Å². The van der Waals surface area contributed by atoms with E-state index in [2.05, 4.69) is 351 Å². The fourth-order valence-electron chi connectivity index (χ4n) is 20.6. The van der Waals surface area contributed by atoms with Gasteiger partial charge in [-0.3, -0.25) is 0 Å². The lowest BCUT2D eigenvalue weighted by molar-refractivity contribution is 0.00578. The average Bonchev–Trinajstić information content (AvgIpc) is 1.55.